The minimum atomic E-state index is -0.181. The molecule has 2 aromatic rings. The fraction of sp³-hybridized carbons (Fsp3) is 0.462. The lowest BCUT2D eigenvalue weighted by molar-refractivity contribution is -0.959. The molecule has 174 valence electrons. The Bertz CT molecular complexity index is 869. The average molecular weight is 442 g/mol. The summed E-state index contributed by atoms with van der Waals surface area (Å²) in [5.41, 5.74) is 4.74. The first-order valence-electron chi connectivity index (χ1n) is 11.3. The molecule has 1 aliphatic rings. The maximum Gasteiger partial charge on any atom is 0.287 e. The van der Waals surface area contributed by atoms with E-state index in [9.17, 15) is 9.90 Å². The van der Waals surface area contributed by atoms with Gasteiger partial charge >= 0.3 is 0 Å². The fourth-order valence-corrected chi connectivity index (χ4v) is 5.08. The van der Waals surface area contributed by atoms with Gasteiger partial charge in [0.2, 0.25) is 0 Å². The molecule has 0 bridgehead atoms. The van der Waals surface area contributed by atoms with Crippen LogP contribution in [0, 0.1) is 13.8 Å². The van der Waals surface area contributed by atoms with E-state index in [1.165, 1.54) is 36.0 Å². The molecule has 0 saturated carbocycles. The Balaban J connectivity index is 0.000000837. The van der Waals surface area contributed by atoms with E-state index in [0.29, 0.717) is 18.0 Å². The molecule has 1 N–H and O–H groups in total. The monoisotopic (exact) mass is 441 g/mol. The zero-order chi connectivity index (χ0) is 23.6. The Morgan fingerprint density at radius 2 is 1.72 bits per heavy atom. The zero-order valence-corrected chi connectivity index (χ0v) is 19.4. The van der Waals surface area contributed by atoms with Gasteiger partial charge in [-0.1, -0.05) is 37.3 Å². The number of carbonyl (C=O) groups excluding carboxylic acids is 2. The predicted octanol–water partition coefficient (Wildman–Crippen LogP) is 3.53. The lowest BCUT2D eigenvalue weighted by atomic mass is 9.91. The summed E-state index contributed by atoms with van der Waals surface area (Å²) >= 11 is 0. The Morgan fingerprint density at radius 1 is 1.12 bits per heavy atom. The van der Waals surface area contributed by atoms with Crippen LogP contribution in [0.15, 0.2) is 42.5 Å². The Morgan fingerprint density at radius 3 is 2.25 bits per heavy atom. The van der Waals surface area contributed by atoms with Crippen LogP contribution < -0.4 is 5.26 Å². The van der Waals surface area contributed by atoms with Crippen molar-refractivity contribution >= 4 is 12.3 Å². The molecule has 0 aromatic heterocycles. The number of phenols is 1. The minimum absolute atomic E-state index is 0.0154. The van der Waals surface area contributed by atoms with Gasteiger partial charge in [0, 0.05) is 18.4 Å². The van der Waals surface area contributed by atoms with Gasteiger partial charge in [0.05, 0.1) is 13.1 Å². The van der Waals surface area contributed by atoms with E-state index in [2.05, 4.69) is 49.9 Å². The maximum atomic E-state index is 13.5. The molecule has 1 heterocycles. The van der Waals surface area contributed by atoms with Crippen LogP contribution in [0.4, 0.5) is 0 Å². The maximum absolute atomic E-state index is 13.5. The second-order valence-corrected chi connectivity index (χ2v) is 8.68. The quantitative estimate of drug-likeness (QED) is 0.293. The second kappa shape index (κ2) is 12.4. The van der Waals surface area contributed by atoms with Gasteiger partial charge in [0.1, 0.15) is 18.3 Å². The van der Waals surface area contributed by atoms with Crippen molar-refractivity contribution in [3.63, 3.8) is 0 Å². The van der Waals surface area contributed by atoms with E-state index in [-0.39, 0.29) is 12.5 Å². The number of aromatic hydroxyl groups is 1. The number of hydrogen-bond acceptors (Lipinski definition) is 5. The first-order chi connectivity index (χ1) is 15.4. The molecule has 0 radical (unpaired) electrons. The van der Waals surface area contributed by atoms with Gasteiger partial charge in [-0.25, -0.2) is 0 Å². The highest BCUT2D eigenvalue weighted by molar-refractivity contribution is 5.85. The summed E-state index contributed by atoms with van der Waals surface area (Å²) in [5.74, 6) is 0.671. The van der Waals surface area contributed by atoms with E-state index in [4.69, 9.17) is 10.1 Å². The summed E-state index contributed by atoms with van der Waals surface area (Å²) in [5, 5.41) is 18.3. The molecule has 1 atom stereocenters. The molecule has 0 amide bonds. The standard InChI is InChI=1S/C25H33NO2.CH2O3/c1-4-24(25(28)17-23-19(2)10-8-11-20(23)3)26(14-6-5-7-15-26)18-21-12-9-13-22(27)16-21;2-1-4-3/h8-13,16,24H,4-7,14-15,17-18H2,1-3H3;1,3H. The van der Waals surface area contributed by atoms with Crippen molar-refractivity contribution in [1.82, 2.24) is 0 Å². The number of nitrogens with zero attached hydrogens (tertiary/aromatic N) is 1. The summed E-state index contributed by atoms with van der Waals surface area (Å²) in [6, 6.07) is 13.9. The lowest BCUT2D eigenvalue weighted by Crippen LogP contribution is -2.60. The van der Waals surface area contributed by atoms with Crippen LogP contribution in [-0.4, -0.2) is 41.0 Å². The molecular weight excluding hydrogens is 406 g/mol. The predicted molar refractivity (Wildman–Crippen MR) is 122 cm³/mol. The van der Waals surface area contributed by atoms with Crippen LogP contribution in [-0.2, 0) is 27.4 Å². The van der Waals surface area contributed by atoms with Gasteiger partial charge in [0.15, 0.2) is 5.78 Å². The number of quaternary nitrogens is 1. The molecule has 1 unspecified atom stereocenters. The van der Waals surface area contributed by atoms with E-state index >= 15 is 0 Å². The van der Waals surface area contributed by atoms with Crippen LogP contribution >= 0.6 is 0 Å². The number of hydrogen-bond donors (Lipinski definition) is 1. The molecule has 6 heteroatoms. The highest BCUT2D eigenvalue weighted by Gasteiger charge is 2.41. The number of ketones is 1. The number of phenolic OH excluding ortho intramolecular Hbond substituents is 1. The van der Waals surface area contributed by atoms with Gasteiger partial charge < -0.3 is 19.7 Å². The van der Waals surface area contributed by atoms with Crippen molar-refractivity contribution in [2.45, 2.75) is 65.5 Å². The summed E-state index contributed by atoms with van der Waals surface area (Å²) < 4.78 is 0.837. The minimum Gasteiger partial charge on any atom is -0.662 e. The Hall–Kier alpha value is -2.70. The molecule has 32 heavy (non-hydrogen) atoms. The zero-order valence-electron chi connectivity index (χ0n) is 19.4. The average Bonchev–Trinajstić information content (AvgIpc) is 2.77. The highest BCUT2D eigenvalue weighted by Crippen LogP contribution is 2.30. The van der Waals surface area contributed by atoms with Crippen molar-refractivity contribution in [3.8, 4) is 5.75 Å². The van der Waals surface area contributed by atoms with Crippen LogP contribution in [0.3, 0.4) is 0 Å². The molecule has 1 aliphatic heterocycles. The van der Waals surface area contributed by atoms with Gasteiger partial charge in [0.25, 0.3) is 6.47 Å². The number of Topliss-reactive ketones (excluding diaryl/α,β-unsaturated/α-hetero) is 1. The number of carbonyl (C=O) groups is 2. The number of piperidine rings is 1. The van der Waals surface area contributed by atoms with Crippen molar-refractivity contribution in [1.29, 1.82) is 0 Å². The van der Waals surface area contributed by atoms with Crippen LogP contribution in [0.5, 0.6) is 5.75 Å². The summed E-state index contributed by atoms with van der Waals surface area (Å²) in [7, 11) is 0. The molecule has 1 saturated heterocycles. The molecule has 0 aliphatic carbocycles. The summed E-state index contributed by atoms with van der Waals surface area (Å²) in [4.78, 5) is 24.8. The van der Waals surface area contributed by atoms with Crippen molar-refractivity contribution in [2.75, 3.05) is 13.1 Å². The molecule has 1 fully saturated rings. The molecular formula is C26H35NO5. The van der Waals surface area contributed by atoms with Gasteiger partial charge in [-0.3, -0.25) is 9.59 Å². The first kappa shape index (κ1) is 25.6. The Labute approximate surface area is 191 Å². The van der Waals surface area contributed by atoms with Crippen molar-refractivity contribution in [3.05, 3.63) is 64.7 Å². The number of aryl methyl sites for hydroxylation is 2. The van der Waals surface area contributed by atoms with Gasteiger partial charge in [-0.05, 0) is 61.9 Å². The normalized spacial score (nSPS) is 15.8. The smallest absolute Gasteiger partial charge is 0.287 e. The summed E-state index contributed by atoms with van der Waals surface area (Å²) in [6.07, 6.45) is 4.99. The van der Waals surface area contributed by atoms with Crippen LogP contribution in [0.1, 0.15) is 54.9 Å². The second-order valence-electron chi connectivity index (χ2n) is 8.68. The van der Waals surface area contributed by atoms with Crippen molar-refractivity contribution < 1.29 is 29.3 Å². The summed E-state index contributed by atoms with van der Waals surface area (Å²) in [6.45, 7) is 9.11. The Kier molecular flexibility index (Phi) is 9.88. The molecule has 0 spiro atoms. The third kappa shape index (κ3) is 6.65. The van der Waals surface area contributed by atoms with E-state index in [1.807, 2.05) is 12.1 Å². The SMILES string of the molecule is CCC(C(=O)Cc1c(C)cccc1C)[N+]1(Cc2cccc(O)c2)CCCCC1.O=CO[O-]. The third-order valence-corrected chi connectivity index (χ3v) is 6.57. The van der Waals surface area contributed by atoms with Crippen molar-refractivity contribution in [2.24, 2.45) is 0 Å². The fourth-order valence-electron chi connectivity index (χ4n) is 5.08. The lowest BCUT2D eigenvalue weighted by Gasteiger charge is -2.46. The first-order valence-corrected chi connectivity index (χ1v) is 11.3. The molecule has 6 nitrogen and oxygen atoms in total. The highest BCUT2D eigenvalue weighted by atomic mass is 17.1. The third-order valence-electron chi connectivity index (χ3n) is 6.57. The van der Waals surface area contributed by atoms with Crippen LogP contribution in [0.2, 0.25) is 0 Å². The number of benzene rings is 2. The van der Waals surface area contributed by atoms with E-state index in [0.717, 1.165) is 36.1 Å². The number of likely N-dealkylation sites (tertiary alicyclic amines) is 1. The van der Waals surface area contributed by atoms with Gasteiger partial charge in [-0.15, -0.1) is 0 Å². The molecule has 3 rings (SSSR count). The largest absolute Gasteiger partial charge is 0.662 e. The number of rotatable bonds is 8. The van der Waals surface area contributed by atoms with E-state index in [1.54, 1.807) is 6.07 Å². The van der Waals surface area contributed by atoms with Crippen LogP contribution in [0.25, 0.3) is 0 Å². The topological polar surface area (TPSA) is 86.7 Å². The molecule has 2 aromatic carbocycles. The van der Waals surface area contributed by atoms with Gasteiger partial charge in [-0.2, -0.15) is 0 Å². The van der Waals surface area contributed by atoms with E-state index < -0.39 is 0 Å².